The molecule has 1 atom stereocenters. The van der Waals surface area contributed by atoms with Crippen molar-refractivity contribution in [1.82, 2.24) is 4.98 Å². The molecular weight excluding hydrogens is 358 g/mol. The molecule has 0 saturated carbocycles. The molecule has 2 rings (SSSR count). The fourth-order valence-electron chi connectivity index (χ4n) is 1.91. The summed E-state index contributed by atoms with van der Waals surface area (Å²) < 4.78 is 1.96. The third-order valence-electron chi connectivity index (χ3n) is 2.78. The molecular formula is C14H13Br2NO. The van der Waals surface area contributed by atoms with Crippen LogP contribution in [0.15, 0.2) is 45.6 Å². The quantitative estimate of drug-likeness (QED) is 0.878. The molecule has 2 nitrogen and oxygen atoms in total. The first kappa shape index (κ1) is 13.7. The largest absolute Gasteiger partial charge is 0.388 e. The van der Waals surface area contributed by atoms with Gasteiger partial charge in [0, 0.05) is 27.8 Å². The molecule has 0 bridgehead atoms. The van der Waals surface area contributed by atoms with E-state index in [-0.39, 0.29) is 0 Å². The maximum atomic E-state index is 10.3. The van der Waals surface area contributed by atoms with Gasteiger partial charge in [-0.2, -0.15) is 0 Å². The number of hydrogen-bond donors (Lipinski definition) is 1. The van der Waals surface area contributed by atoms with Gasteiger partial charge in [-0.25, -0.2) is 0 Å². The lowest BCUT2D eigenvalue weighted by molar-refractivity contribution is 0.177. The van der Waals surface area contributed by atoms with Crippen LogP contribution < -0.4 is 0 Å². The van der Waals surface area contributed by atoms with Crippen molar-refractivity contribution in [3.05, 3.63) is 62.3 Å². The Morgan fingerprint density at radius 1 is 1.17 bits per heavy atom. The maximum Gasteiger partial charge on any atom is 0.0833 e. The number of pyridine rings is 1. The topological polar surface area (TPSA) is 33.1 Å². The van der Waals surface area contributed by atoms with E-state index in [1.165, 1.54) is 0 Å². The lowest BCUT2D eigenvalue weighted by Gasteiger charge is -2.14. The summed E-state index contributed by atoms with van der Waals surface area (Å²) in [5, 5.41) is 10.3. The second-order valence-corrected chi connectivity index (χ2v) is 6.06. The van der Waals surface area contributed by atoms with Crippen molar-refractivity contribution in [3.63, 3.8) is 0 Å². The zero-order chi connectivity index (χ0) is 13.1. The zero-order valence-electron chi connectivity index (χ0n) is 9.90. The van der Waals surface area contributed by atoms with Crippen molar-refractivity contribution < 1.29 is 5.11 Å². The fourth-order valence-corrected chi connectivity index (χ4v) is 2.80. The third kappa shape index (κ3) is 3.40. The molecule has 0 spiro atoms. The van der Waals surface area contributed by atoms with Gasteiger partial charge in [-0.1, -0.05) is 22.0 Å². The summed E-state index contributed by atoms with van der Waals surface area (Å²) in [4.78, 5) is 4.10. The first-order valence-corrected chi connectivity index (χ1v) is 7.18. The summed E-state index contributed by atoms with van der Waals surface area (Å²) in [6, 6.07) is 7.89. The van der Waals surface area contributed by atoms with Gasteiger partial charge in [-0.15, -0.1) is 0 Å². The standard InChI is InChI=1S/C14H13Br2NO/c1-9-4-11(15)2-3-13(9)14(18)6-10-5-12(16)8-17-7-10/h2-5,7-8,14,18H,6H2,1H3. The van der Waals surface area contributed by atoms with E-state index in [0.717, 1.165) is 25.6 Å². The highest BCUT2D eigenvalue weighted by Crippen LogP contribution is 2.25. The van der Waals surface area contributed by atoms with Crippen LogP contribution in [0.25, 0.3) is 0 Å². The van der Waals surface area contributed by atoms with E-state index in [4.69, 9.17) is 0 Å². The predicted octanol–water partition coefficient (Wildman–Crippen LogP) is 4.19. The van der Waals surface area contributed by atoms with Gasteiger partial charge in [0.05, 0.1) is 6.10 Å². The van der Waals surface area contributed by atoms with Crippen molar-refractivity contribution >= 4 is 31.9 Å². The first-order valence-electron chi connectivity index (χ1n) is 5.60. The number of aliphatic hydroxyl groups excluding tert-OH is 1. The molecule has 1 aromatic carbocycles. The molecule has 0 aliphatic heterocycles. The van der Waals surface area contributed by atoms with Crippen molar-refractivity contribution in [2.24, 2.45) is 0 Å². The van der Waals surface area contributed by atoms with E-state index in [2.05, 4.69) is 36.8 Å². The van der Waals surface area contributed by atoms with Gasteiger partial charge in [-0.3, -0.25) is 4.98 Å². The molecule has 2 aromatic rings. The second-order valence-electron chi connectivity index (χ2n) is 4.23. The van der Waals surface area contributed by atoms with Crippen LogP contribution in [-0.4, -0.2) is 10.1 Å². The maximum absolute atomic E-state index is 10.3. The molecule has 94 valence electrons. The smallest absolute Gasteiger partial charge is 0.0833 e. The highest BCUT2D eigenvalue weighted by atomic mass is 79.9. The zero-order valence-corrected chi connectivity index (χ0v) is 13.1. The fraction of sp³-hybridized carbons (Fsp3) is 0.214. The van der Waals surface area contributed by atoms with E-state index in [9.17, 15) is 5.11 Å². The number of aliphatic hydroxyl groups is 1. The highest BCUT2D eigenvalue weighted by Gasteiger charge is 2.11. The molecule has 0 saturated heterocycles. The Kier molecular flexibility index (Phi) is 4.54. The average molecular weight is 371 g/mol. The van der Waals surface area contributed by atoms with Crippen molar-refractivity contribution in [3.8, 4) is 0 Å². The Morgan fingerprint density at radius 2 is 1.94 bits per heavy atom. The van der Waals surface area contributed by atoms with Crippen LogP contribution in [-0.2, 0) is 6.42 Å². The minimum Gasteiger partial charge on any atom is -0.388 e. The SMILES string of the molecule is Cc1cc(Br)ccc1C(O)Cc1cncc(Br)c1. The molecule has 0 radical (unpaired) electrons. The summed E-state index contributed by atoms with van der Waals surface area (Å²) >= 11 is 6.81. The van der Waals surface area contributed by atoms with Gasteiger partial charge < -0.3 is 5.11 Å². The van der Waals surface area contributed by atoms with Crippen molar-refractivity contribution in [1.29, 1.82) is 0 Å². The van der Waals surface area contributed by atoms with Crippen LogP contribution in [0.3, 0.4) is 0 Å². The van der Waals surface area contributed by atoms with Crippen molar-refractivity contribution in [2.75, 3.05) is 0 Å². The number of rotatable bonds is 3. The van der Waals surface area contributed by atoms with Crippen LogP contribution in [0.4, 0.5) is 0 Å². The Balaban J connectivity index is 2.19. The van der Waals surface area contributed by atoms with Gasteiger partial charge in [-0.05, 0) is 57.7 Å². The minimum absolute atomic E-state index is 0.505. The molecule has 0 fully saturated rings. The molecule has 18 heavy (non-hydrogen) atoms. The second kappa shape index (κ2) is 5.95. The van der Waals surface area contributed by atoms with E-state index in [0.29, 0.717) is 6.42 Å². The molecule has 1 heterocycles. The monoisotopic (exact) mass is 369 g/mol. The van der Waals surface area contributed by atoms with Crippen molar-refractivity contribution in [2.45, 2.75) is 19.4 Å². The average Bonchev–Trinajstić information content (AvgIpc) is 2.28. The van der Waals surface area contributed by atoms with Gasteiger partial charge in [0.15, 0.2) is 0 Å². The van der Waals surface area contributed by atoms with Crippen LogP contribution in [0.2, 0.25) is 0 Å². The van der Waals surface area contributed by atoms with E-state index >= 15 is 0 Å². The lowest BCUT2D eigenvalue weighted by Crippen LogP contribution is -2.04. The van der Waals surface area contributed by atoms with Gasteiger partial charge >= 0.3 is 0 Å². The van der Waals surface area contributed by atoms with E-state index in [1.807, 2.05) is 31.2 Å². The van der Waals surface area contributed by atoms with E-state index < -0.39 is 6.10 Å². The summed E-state index contributed by atoms with van der Waals surface area (Å²) in [6.45, 7) is 2.00. The van der Waals surface area contributed by atoms with Gasteiger partial charge in [0.2, 0.25) is 0 Å². The number of halogens is 2. The predicted molar refractivity (Wildman–Crippen MR) is 79.5 cm³/mol. The Hall–Kier alpha value is -0.710. The number of aromatic nitrogens is 1. The molecule has 1 N–H and O–H groups in total. The van der Waals surface area contributed by atoms with E-state index in [1.54, 1.807) is 12.4 Å². The Labute approximate surface area is 123 Å². The Bertz CT molecular complexity index is 557. The van der Waals surface area contributed by atoms with Crippen LogP contribution in [0.1, 0.15) is 22.8 Å². The van der Waals surface area contributed by atoms with Crippen LogP contribution >= 0.6 is 31.9 Å². The molecule has 1 aromatic heterocycles. The molecule has 1 unspecified atom stereocenters. The molecule has 0 aliphatic rings. The molecule has 4 heteroatoms. The first-order chi connectivity index (χ1) is 8.56. The third-order valence-corrected chi connectivity index (χ3v) is 3.71. The number of benzene rings is 1. The minimum atomic E-state index is -0.505. The normalized spacial score (nSPS) is 12.4. The summed E-state index contributed by atoms with van der Waals surface area (Å²) in [7, 11) is 0. The number of aryl methyl sites for hydroxylation is 1. The summed E-state index contributed by atoms with van der Waals surface area (Å²) in [5.41, 5.74) is 3.05. The lowest BCUT2D eigenvalue weighted by atomic mass is 9.99. The van der Waals surface area contributed by atoms with Gasteiger partial charge in [0.1, 0.15) is 0 Å². The highest BCUT2D eigenvalue weighted by molar-refractivity contribution is 9.10. The summed E-state index contributed by atoms with van der Waals surface area (Å²) in [5.74, 6) is 0. The van der Waals surface area contributed by atoms with Crippen LogP contribution in [0.5, 0.6) is 0 Å². The van der Waals surface area contributed by atoms with Gasteiger partial charge in [0.25, 0.3) is 0 Å². The van der Waals surface area contributed by atoms with Crippen LogP contribution in [0, 0.1) is 6.92 Å². The molecule has 0 aliphatic carbocycles. The number of nitrogens with zero attached hydrogens (tertiary/aromatic N) is 1. The number of hydrogen-bond acceptors (Lipinski definition) is 2. The molecule has 0 amide bonds. The summed E-state index contributed by atoms with van der Waals surface area (Å²) in [6.07, 6.45) is 3.58. The Morgan fingerprint density at radius 3 is 2.61 bits per heavy atom.